The highest BCUT2D eigenvalue weighted by Crippen LogP contribution is 2.28. The van der Waals surface area contributed by atoms with Crippen molar-refractivity contribution in [1.29, 1.82) is 0 Å². The Morgan fingerprint density at radius 1 is 1.29 bits per heavy atom. The largest absolute Gasteiger partial charge is 0.495 e. The van der Waals surface area contributed by atoms with Crippen molar-refractivity contribution in [2.75, 3.05) is 25.5 Å². The van der Waals surface area contributed by atoms with Gasteiger partial charge < -0.3 is 14.6 Å². The van der Waals surface area contributed by atoms with Gasteiger partial charge in [0, 0.05) is 25.7 Å². The predicted octanol–water partition coefficient (Wildman–Crippen LogP) is 4.87. The van der Waals surface area contributed by atoms with Crippen molar-refractivity contribution >= 4 is 34.2 Å². The van der Waals surface area contributed by atoms with Crippen molar-refractivity contribution in [3.05, 3.63) is 53.3 Å². The number of nitrogens with zero attached hydrogens (tertiary/aromatic N) is 3. The quantitative estimate of drug-likeness (QED) is 0.569. The molecule has 0 bridgehead atoms. The lowest BCUT2D eigenvalue weighted by atomic mass is 9.93. The molecule has 1 atom stereocenters. The summed E-state index contributed by atoms with van der Waals surface area (Å²) in [7, 11) is 3.66. The summed E-state index contributed by atoms with van der Waals surface area (Å²) in [6.45, 7) is 2.93. The first-order valence-corrected chi connectivity index (χ1v) is 11.2. The zero-order chi connectivity index (χ0) is 21.8. The number of halogens is 1. The van der Waals surface area contributed by atoms with Gasteiger partial charge in [-0.1, -0.05) is 23.7 Å². The first-order chi connectivity index (χ1) is 15.0. The van der Waals surface area contributed by atoms with Gasteiger partial charge in [0.2, 0.25) is 5.91 Å². The monoisotopic (exact) mass is 440 g/mol. The molecule has 1 aromatic heterocycles. The smallest absolute Gasteiger partial charge is 0.224 e. The van der Waals surface area contributed by atoms with Gasteiger partial charge in [-0.3, -0.25) is 9.69 Å². The van der Waals surface area contributed by atoms with Crippen LogP contribution in [0.15, 0.2) is 42.5 Å². The first-order valence-electron chi connectivity index (χ1n) is 10.8. The number of imidazole rings is 1. The molecule has 4 rings (SSSR count). The van der Waals surface area contributed by atoms with E-state index < -0.39 is 0 Å². The van der Waals surface area contributed by atoms with Gasteiger partial charge in [-0.15, -0.1) is 0 Å². The molecular weight excluding hydrogens is 412 g/mol. The summed E-state index contributed by atoms with van der Waals surface area (Å²) in [5.41, 5.74) is 2.91. The van der Waals surface area contributed by atoms with E-state index in [1.807, 2.05) is 12.1 Å². The summed E-state index contributed by atoms with van der Waals surface area (Å²) in [5.74, 6) is 2.24. The van der Waals surface area contributed by atoms with E-state index in [1.165, 1.54) is 11.9 Å². The summed E-state index contributed by atoms with van der Waals surface area (Å²) in [6, 6.07) is 13.5. The summed E-state index contributed by atoms with van der Waals surface area (Å²) in [5, 5.41) is 3.43. The van der Waals surface area contributed by atoms with E-state index in [2.05, 4.69) is 40.0 Å². The minimum absolute atomic E-state index is 0.0220. The van der Waals surface area contributed by atoms with Crippen molar-refractivity contribution in [3.63, 3.8) is 0 Å². The number of aryl methyl sites for hydroxylation is 1. The highest BCUT2D eigenvalue weighted by atomic mass is 35.5. The van der Waals surface area contributed by atoms with E-state index in [4.69, 9.17) is 21.3 Å². The number of anilines is 1. The summed E-state index contributed by atoms with van der Waals surface area (Å²) in [4.78, 5) is 19.7. The molecule has 164 valence electrons. The Morgan fingerprint density at radius 2 is 2.13 bits per heavy atom. The van der Waals surface area contributed by atoms with Gasteiger partial charge in [0.25, 0.3) is 0 Å². The maximum atomic E-state index is 12.4. The van der Waals surface area contributed by atoms with E-state index in [0.29, 0.717) is 28.8 Å². The zero-order valence-corrected chi connectivity index (χ0v) is 18.9. The Hall–Kier alpha value is -2.57. The molecule has 1 fully saturated rings. The molecule has 0 radical (unpaired) electrons. The first kappa shape index (κ1) is 21.7. The number of piperidine rings is 1. The molecule has 7 heteroatoms. The third-order valence-electron chi connectivity index (χ3n) is 6.06. The lowest BCUT2D eigenvalue weighted by Gasteiger charge is -2.32. The van der Waals surface area contributed by atoms with Crippen LogP contribution < -0.4 is 10.1 Å². The van der Waals surface area contributed by atoms with Crippen LogP contribution in [0.1, 0.15) is 31.5 Å². The van der Waals surface area contributed by atoms with E-state index in [9.17, 15) is 4.79 Å². The number of methoxy groups -OCH3 is 1. The van der Waals surface area contributed by atoms with Crippen LogP contribution in [0.4, 0.5) is 5.69 Å². The van der Waals surface area contributed by atoms with Gasteiger partial charge in [0.1, 0.15) is 11.6 Å². The maximum Gasteiger partial charge on any atom is 0.224 e. The number of para-hydroxylation sites is 2. The van der Waals surface area contributed by atoms with Crippen LogP contribution in [-0.4, -0.2) is 40.6 Å². The molecule has 3 aromatic rings. The third kappa shape index (κ3) is 5.20. The number of hydrogen-bond acceptors (Lipinski definition) is 4. The Labute approximate surface area is 188 Å². The second-order valence-corrected chi connectivity index (χ2v) is 8.66. The van der Waals surface area contributed by atoms with Crippen molar-refractivity contribution < 1.29 is 9.53 Å². The molecule has 6 nitrogen and oxygen atoms in total. The van der Waals surface area contributed by atoms with Crippen LogP contribution >= 0.6 is 11.6 Å². The van der Waals surface area contributed by atoms with E-state index in [-0.39, 0.29) is 5.91 Å². The maximum absolute atomic E-state index is 12.4. The number of carbonyl (C=O) groups is 1. The number of ether oxygens (including phenoxy) is 1. The molecule has 2 aromatic carbocycles. The summed E-state index contributed by atoms with van der Waals surface area (Å²) >= 11 is 6.14. The molecule has 2 heterocycles. The number of benzene rings is 2. The van der Waals surface area contributed by atoms with Crippen molar-refractivity contribution in [3.8, 4) is 5.75 Å². The lowest BCUT2D eigenvalue weighted by molar-refractivity contribution is -0.116. The normalized spacial score (nSPS) is 17.1. The molecule has 1 aliphatic heterocycles. The number of nitrogens with one attached hydrogen (secondary N) is 1. The van der Waals surface area contributed by atoms with Crippen LogP contribution in [-0.2, 0) is 18.4 Å². The van der Waals surface area contributed by atoms with Gasteiger partial charge in [-0.05, 0) is 62.1 Å². The molecule has 1 aliphatic rings. The number of hydrogen-bond donors (Lipinski definition) is 1. The number of amides is 1. The Kier molecular flexibility index (Phi) is 6.78. The summed E-state index contributed by atoms with van der Waals surface area (Å²) in [6.07, 6.45) is 3.72. The van der Waals surface area contributed by atoms with Gasteiger partial charge in [-0.2, -0.15) is 0 Å². The van der Waals surface area contributed by atoms with Crippen LogP contribution in [0.5, 0.6) is 5.75 Å². The average Bonchev–Trinajstić information content (AvgIpc) is 3.08. The third-order valence-corrected chi connectivity index (χ3v) is 6.36. The van der Waals surface area contributed by atoms with E-state index >= 15 is 0 Å². The number of fused-ring (bicyclic) bond motifs is 1. The predicted molar refractivity (Wildman–Crippen MR) is 125 cm³/mol. The van der Waals surface area contributed by atoms with Gasteiger partial charge in [0.15, 0.2) is 0 Å². The minimum Gasteiger partial charge on any atom is -0.495 e. The fourth-order valence-corrected chi connectivity index (χ4v) is 4.63. The molecule has 31 heavy (non-hydrogen) atoms. The van der Waals surface area contributed by atoms with Crippen molar-refractivity contribution in [2.24, 2.45) is 13.0 Å². The Balaban J connectivity index is 1.29. The van der Waals surface area contributed by atoms with Crippen LogP contribution in [0.25, 0.3) is 11.0 Å². The van der Waals surface area contributed by atoms with Gasteiger partial charge in [-0.25, -0.2) is 4.98 Å². The van der Waals surface area contributed by atoms with Crippen LogP contribution in [0, 0.1) is 5.92 Å². The number of rotatable bonds is 7. The Bertz CT molecular complexity index is 1060. The molecule has 0 unspecified atom stereocenters. The number of likely N-dealkylation sites (tertiary alicyclic amines) is 1. The van der Waals surface area contributed by atoms with Crippen molar-refractivity contribution in [2.45, 2.75) is 32.2 Å². The fourth-order valence-electron chi connectivity index (χ4n) is 4.37. The standard InChI is InChI=1S/C24H29ClN4O2/c1-28-21-8-4-3-7-20(21)27-23(28)16-29-13-5-6-17(15-29)9-12-24(30)26-18-10-11-22(31-2)19(25)14-18/h3-4,7-8,10-11,14,17H,5-6,9,12-13,15-16H2,1-2H3,(H,26,30)/t17-/m1/s1. The molecule has 1 amide bonds. The lowest BCUT2D eigenvalue weighted by Crippen LogP contribution is -2.36. The number of carbonyl (C=O) groups excluding carboxylic acids is 1. The van der Waals surface area contributed by atoms with Gasteiger partial charge >= 0.3 is 0 Å². The zero-order valence-electron chi connectivity index (χ0n) is 18.1. The number of aromatic nitrogens is 2. The van der Waals surface area contributed by atoms with Crippen molar-refractivity contribution in [1.82, 2.24) is 14.5 Å². The van der Waals surface area contributed by atoms with Crippen LogP contribution in [0.2, 0.25) is 5.02 Å². The second-order valence-electron chi connectivity index (χ2n) is 8.26. The molecule has 1 N–H and O–H groups in total. The average molecular weight is 441 g/mol. The van der Waals surface area contributed by atoms with Gasteiger partial charge in [0.05, 0.1) is 29.7 Å². The second kappa shape index (κ2) is 9.71. The highest BCUT2D eigenvalue weighted by Gasteiger charge is 2.22. The van der Waals surface area contributed by atoms with E-state index in [0.717, 1.165) is 43.8 Å². The highest BCUT2D eigenvalue weighted by molar-refractivity contribution is 6.32. The minimum atomic E-state index is 0.0220. The molecule has 0 saturated carbocycles. The topological polar surface area (TPSA) is 59.4 Å². The Morgan fingerprint density at radius 3 is 2.90 bits per heavy atom. The molecular formula is C24H29ClN4O2. The van der Waals surface area contributed by atoms with E-state index in [1.54, 1.807) is 19.2 Å². The molecule has 1 saturated heterocycles. The SMILES string of the molecule is COc1ccc(NC(=O)CC[C@H]2CCCN(Cc3nc4ccccc4n3C)C2)cc1Cl. The molecule has 0 aliphatic carbocycles. The fraction of sp³-hybridized carbons (Fsp3) is 0.417. The summed E-state index contributed by atoms with van der Waals surface area (Å²) < 4.78 is 7.34. The molecule has 0 spiro atoms. The van der Waals surface area contributed by atoms with Crippen LogP contribution in [0.3, 0.4) is 0 Å².